The molecule has 2 N–H and O–H groups in total. The summed E-state index contributed by atoms with van der Waals surface area (Å²) in [5.74, 6) is -2.19. The monoisotopic (exact) mass is 391 g/mol. The highest BCUT2D eigenvalue weighted by molar-refractivity contribution is 5.94. The third kappa shape index (κ3) is 3.42. The number of rotatable bonds is 5. The summed E-state index contributed by atoms with van der Waals surface area (Å²) in [5.41, 5.74) is 1.73. The molecule has 0 spiro atoms. The molecule has 1 saturated heterocycles. The molecule has 2 aliphatic rings. The fourth-order valence-electron chi connectivity index (χ4n) is 4.14. The Morgan fingerprint density at radius 2 is 2.11 bits per heavy atom. The lowest BCUT2D eigenvalue weighted by Crippen LogP contribution is -2.45. The number of amides is 1. The topological polar surface area (TPSA) is 76.4 Å². The summed E-state index contributed by atoms with van der Waals surface area (Å²) in [7, 11) is 0. The van der Waals surface area contributed by atoms with Crippen LogP contribution >= 0.6 is 0 Å². The van der Waals surface area contributed by atoms with Crippen LogP contribution in [0.5, 0.6) is 0 Å². The molecule has 2 aromatic rings. The van der Waals surface area contributed by atoms with E-state index in [1.807, 2.05) is 0 Å². The number of carbonyl (C=O) groups is 1. The van der Waals surface area contributed by atoms with Crippen molar-refractivity contribution in [3.05, 3.63) is 46.8 Å². The SMILES string of the molecule is O=C(NC(CO)C1CCOCC1)c1nn(-c2cccc(F)c2F)c2c1CCC2. The van der Waals surface area contributed by atoms with Gasteiger partial charge in [0.1, 0.15) is 5.69 Å². The zero-order chi connectivity index (χ0) is 19.7. The molecular formula is C20H23F2N3O3. The van der Waals surface area contributed by atoms with Gasteiger partial charge in [0, 0.05) is 24.5 Å². The minimum Gasteiger partial charge on any atom is -0.394 e. The molecule has 1 aromatic heterocycles. The second-order valence-electron chi connectivity index (χ2n) is 7.32. The molecule has 1 aliphatic heterocycles. The molecule has 2 heterocycles. The van der Waals surface area contributed by atoms with Crippen molar-refractivity contribution in [2.24, 2.45) is 5.92 Å². The number of aliphatic hydroxyl groups excluding tert-OH is 1. The van der Waals surface area contributed by atoms with Crippen molar-refractivity contribution in [3.8, 4) is 5.69 Å². The highest BCUT2D eigenvalue weighted by Gasteiger charge is 2.31. The van der Waals surface area contributed by atoms with Crippen molar-refractivity contribution in [2.45, 2.75) is 38.1 Å². The molecule has 0 saturated carbocycles. The Kier molecular flexibility index (Phi) is 5.41. The summed E-state index contributed by atoms with van der Waals surface area (Å²) >= 11 is 0. The first-order valence-corrected chi connectivity index (χ1v) is 9.64. The van der Waals surface area contributed by atoms with Crippen LogP contribution in [-0.4, -0.2) is 46.7 Å². The number of hydrogen-bond donors (Lipinski definition) is 2. The van der Waals surface area contributed by atoms with Crippen LogP contribution in [0.15, 0.2) is 18.2 Å². The number of ether oxygens (including phenoxy) is 1. The summed E-state index contributed by atoms with van der Waals surface area (Å²) in [6.07, 6.45) is 3.68. The smallest absolute Gasteiger partial charge is 0.272 e. The molecule has 6 nitrogen and oxygen atoms in total. The van der Waals surface area contributed by atoms with Gasteiger partial charge < -0.3 is 15.2 Å². The van der Waals surface area contributed by atoms with Gasteiger partial charge in [-0.05, 0) is 50.2 Å². The van der Waals surface area contributed by atoms with Crippen LogP contribution in [0.4, 0.5) is 8.78 Å². The molecule has 150 valence electrons. The largest absolute Gasteiger partial charge is 0.394 e. The van der Waals surface area contributed by atoms with E-state index in [0.717, 1.165) is 36.6 Å². The molecule has 28 heavy (non-hydrogen) atoms. The van der Waals surface area contributed by atoms with Crippen molar-refractivity contribution in [1.29, 1.82) is 0 Å². The fourth-order valence-corrected chi connectivity index (χ4v) is 4.14. The van der Waals surface area contributed by atoms with Crippen LogP contribution in [0.25, 0.3) is 5.69 Å². The average molecular weight is 391 g/mol. The number of nitrogens with zero attached hydrogens (tertiary/aromatic N) is 2. The summed E-state index contributed by atoms with van der Waals surface area (Å²) < 4.78 is 34.7. The zero-order valence-corrected chi connectivity index (χ0v) is 15.5. The molecule has 1 aromatic carbocycles. The first kappa shape index (κ1) is 19.0. The highest BCUT2D eigenvalue weighted by atomic mass is 19.2. The van der Waals surface area contributed by atoms with Crippen molar-refractivity contribution in [1.82, 2.24) is 15.1 Å². The van der Waals surface area contributed by atoms with E-state index in [0.29, 0.717) is 26.1 Å². The normalized spacial score (nSPS) is 18.1. The van der Waals surface area contributed by atoms with E-state index in [9.17, 15) is 18.7 Å². The number of carbonyl (C=O) groups excluding carboxylic acids is 1. The number of halogens is 2. The lowest BCUT2D eigenvalue weighted by molar-refractivity contribution is 0.0418. The Morgan fingerprint density at radius 3 is 2.86 bits per heavy atom. The van der Waals surface area contributed by atoms with Gasteiger partial charge >= 0.3 is 0 Å². The van der Waals surface area contributed by atoms with Gasteiger partial charge in [-0.25, -0.2) is 13.5 Å². The maximum atomic E-state index is 14.3. The van der Waals surface area contributed by atoms with Crippen LogP contribution < -0.4 is 5.32 Å². The Hall–Kier alpha value is -2.32. The number of fused-ring (bicyclic) bond motifs is 1. The minimum absolute atomic E-state index is 0.000312. The van der Waals surface area contributed by atoms with Gasteiger partial charge in [-0.2, -0.15) is 5.10 Å². The average Bonchev–Trinajstić information content (AvgIpc) is 3.32. The molecule has 0 bridgehead atoms. The van der Waals surface area contributed by atoms with Crippen molar-refractivity contribution in [2.75, 3.05) is 19.8 Å². The van der Waals surface area contributed by atoms with Gasteiger partial charge in [-0.1, -0.05) is 6.07 Å². The maximum Gasteiger partial charge on any atom is 0.272 e. The maximum absolute atomic E-state index is 14.3. The van der Waals surface area contributed by atoms with E-state index < -0.39 is 11.6 Å². The van der Waals surface area contributed by atoms with Crippen molar-refractivity contribution < 1.29 is 23.4 Å². The molecule has 1 fully saturated rings. The van der Waals surface area contributed by atoms with Gasteiger partial charge in [0.05, 0.1) is 12.6 Å². The molecule has 1 unspecified atom stereocenters. The van der Waals surface area contributed by atoms with Crippen LogP contribution in [-0.2, 0) is 17.6 Å². The van der Waals surface area contributed by atoms with Gasteiger partial charge in [-0.15, -0.1) is 0 Å². The van der Waals surface area contributed by atoms with Crippen LogP contribution in [0.2, 0.25) is 0 Å². The zero-order valence-electron chi connectivity index (χ0n) is 15.5. The number of nitrogens with one attached hydrogen (secondary N) is 1. The lowest BCUT2D eigenvalue weighted by Gasteiger charge is -2.29. The van der Waals surface area contributed by atoms with Gasteiger partial charge in [0.2, 0.25) is 0 Å². The molecule has 8 heteroatoms. The standard InChI is InChI=1S/C20H23F2N3O3/c21-14-4-2-6-17(18(14)22)25-16-5-1-3-13(16)19(24-25)20(27)23-15(11-26)12-7-9-28-10-8-12/h2,4,6,12,15,26H,1,3,5,7-11H2,(H,23,27). The molecule has 1 aliphatic carbocycles. The van der Waals surface area contributed by atoms with E-state index in [1.54, 1.807) is 0 Å². The first-order chi connectivity index (χ1) is 13.6. The lowest BCUT2D eigenvalue weighted by atomic mass is 9.92. The van der Waals surface area contributed by atoms with Crippen LogP contribution in [0.1, 0.15) is 41.0 Å². The number of aliphatic hydroxyl groups is 1. The third-order valence-electron chi connectivity index (χ3n) is 5.65. The van der Waals surface area contributed by atoms with E-state index in [4.69, 9.17) is 4.74 Å². The highest BCUT2D eigenvalue weighted by Crippen LogP contribution is 2.29. The second kappa shape index (κ2) is 7.97. The van der Waals surface area contributed by atoms with Crippen LogP contribution in [0.3, 0.4) is 0 Å². The van der Waals surface area contributed by atoms with Gasteiger partial charge in [-0.3, -0.25) is 4.79 Å². The van der Waals surface area contributed by atoms with Crippen molar-refractivity contribution >= 4 is 5.91 Å². The third-order valence-corrected chi connectivity index (χ3v) is 5.65. The first-order valence-electron chi connectivity index (χ1n) is 9.64. The predicted octanol–water partition coefficient (Wildman–Crippen LogP) is 2.16. The summed E-state index contributed by atoms with van der Waals surface area (Å²) in [6.45, 7) is 1.05. The number of hydrogen-bond acceptors (Lipinski definition) is 4. The Labute approximate surface area is 161 Å². The Morgan fingerprint density at radius 1 is 1.32 bits per heavy atom. The van der Waals surface area contributed by atoms with Gasteiger partial charge in [0.15, 0.2) is 17.3 Å². The summed E-state index contributed by atoms with van der Waals surface area (Å²) in [5, 5.41) is 17.0. The molecule has 1 amide bonds. The van der Waals surface area contributed by atoms with Crippen molar-refractivity contribution in [3.63, 3.8) is 0 Å². The minimum atomic E-state index is -0.984. The summed E-state index contributed by atoms with van der Waals surface area (Å²) in [4.78, 5) is 12.9. The van der Waals surface area contributed by atoms with E-state index >= 15 is 0 Å². The molecular weight excluding hydrogens is 368 g/mol. The van der Waals surface area contributed by atoms with E-state index in [-0.39, 0.29) is 35.9 Å². The fraction of sp³-hybridized carbons (Fsp3) is 0.500. The van der Waals surface area contributed by atoms with E-state index in [2.05, 4.69) is 10.4 Å². The Balaban J connectivity index is 1.63. The quantitative estimate of drug-likeness (QED) is 0.819. The van der Waals surface area contributed by atoms with Gasteiger partial charge in [0.25, 0.3) is 5.91 Å². The molecule has 0 radical (unpaired) electrons. The Bertz CT molecular complexity index is 878. The predicted molar refractivity (Wildman–Crippen MR) is 97.4 cm³/mol. The molecule has 4 rings (SSSR count). The second-order valence-corrected chi connectivity index (χ2v) is 7.32. The van der Waals surface area contributed by atoms with Crippen LogP contribution in [0, 0.1) is 17.6 Å². The number of aromatic nitrogens is 2. The summed E-state index contributed by atoms with van der Waals surface area (Å²) in [6, 6.07) is 3.54. The van der Waals surface area contributed by atoms with E-state index in [1.165, 1.54) is 16.8 Å². The number of benzene rings is 1. The molecule has 1 atom stereocenters.